The Balaban J connectivity index is 2.10. The van der Waals surface area contributed by atoms with Crippen molar-refractivity contribution in [1.29, 1.82) is 0 Å². The molecule has 0 bridgehead atoms. The zero-order valence-electron chi connectivity index (χ0n) is 9.99. The zero-order chi connectivity index (χ0) is 14.2. The van der Waals surface area contributed by atoms with Gasteiger partial charge in [0.2, 0.25) is 12.0 Å². The van der Waals surface area contributed by atoms with Crippen LogP contribution < -0.4 is 5.32 Å². The standard InChI is InChI=1S/C10H12N2O7/c1-4(13)11-5-3-18-12(9(5)15)6-2-7(14)19-8(6)10(16)17/h5-6,8H,2-3H2,1H3,(H,11,13)(H,16,17)/t5-,6+,8+/m0/s1. The Morgan fingerprint density at radius 1 is 1.42 bits per heavy atom. The van der Waals surface area contributed by atoms with Crippen LogP contribution in [0.1, 0.15) is 13.3 Å². The first-order valence-electron chi connectivity index (χ1n) is 5.55. The number of rotatable bonds is 3. The largest absolute Gasteiger partial charge is 0.478 e. The third-order valence-electron chi connectivity index (χ3n) is 2.80. The van der Waals surface area contributed by atoms with E-state index in [9.17, 15) is 19.2 Å². The van der Waals surface area contributed by atoms with Crippen LogP contribution in [0.4, 0.5) is 0 Å². The van der Waals surface area contributed by atoms with E-state index in [1.54, 1.807) is 0 Å². The van der Waals surface area contributed by atoms with Gasteiger partial charge in [0, 0.05) is 6.92 Å². The molecule has 0 radical (unpaired) electrons. The van der Waals surface area contributed by atoms with Crippen LogP contribution in [-0.2, 0) is 28.8 Å². The summed E-state index contributed by atoms with van der Waals surface area (Å²) in [5, 5.41) is 12.1. The number of ether oxygens (including phenoxy) is 1. The van der Waals surface area contributed by atoms with Gasteiger partial charge in [-0.05, 0) is 0 Å². The van der Waals surface area contributed by atoms with Crippen molar-refractivity contribution in [2.45, 2.75) is 31.5 Å². The first-order valence-corrected chi connectivity index (χ1v) is 5.55. The van der Waals surface area contributed by atoms with Crippen LogP contribution in [0.2, 0.25) is 0 Å². The number of hydroxylamine groups is 2. The van der Waals surface area contributed by atoms with Crippen molar-refractivity contribution in [1.82, 2.24) is 10.4 Å². The summed E-state index contributed by atoms with van der Waals surface area (Å²) in [6, 6.07) is -1.89. The molecule has 2 aliphatic rings. The van der Waals surface area contributed by atoms with Gasteiger partial charge in [0.25, 0.3) is 5.91 Å². The molecule has 19 heavy (non-hydrogen) atoms. The second-order valence-electron chi connectivity index (χ2n) is 4.23. The summed E-state index contributed by atoms with van der Waals surface area (Å²) in [4.78, 5) is 50.0. The average molecular weight is 272 g/mol. The van der Waals surface area contributed by atoms with Crippen LogP contribution in [0, 0.1) is 0 Å². The van der Waals surface area contributed by atoms with E-state index >= 15 is 0 Å². The molecule has 0 spiro atoms. The minimum Gasteiger partial charge on any atom is -0.478 e. The molecule has 104 valence electrons. The third kappa shape index (κ3) is 2.50. The number of hydrogen-bond donors (Lipinski definition) is 2. The number of amides is 2. The molecule has 0 aromatic carbocycles. The van der Waals surface area contributed by atoms with E-state index in [1.165, 1.54) is 6.92 Å². The highest BCUT2D eigenvalue weighted by Gasteiger charge is 2.49. The van der Waals surface area contributed by atoms with Gasteiger partial charge < -0.3 is 15.2 Å². The van der Waals surface area contributed by atoms with E-state index in [0.717, 1.165) is 5.06 Å². The highest BCUT2D eigenvalue weighted by Crippen LogP contribution is 2.25. The molecule has 3 atom stereocenters. The fraction of sp³-hybridized carbons (Fsp3) is 0.600. The SMILES string of the molecule is CC(=O)N[C@H]1CON([C@@H]2CC(=O)O[C@H]2C(=O)O)C1=O. The average Bonchev–Trinajstić information content (AvgIpc) is 2.83. The highest BCUT2D eigenvalue weighted by molar-refractivity contribution is 5.90. The van der Waals surface area contributed by atoms with Crippen molar-refractivity contribution in [3.8, 4) is 0 Å². The smallest absolute Gasteiger partial charge is 0.347 e. The maximum atomic E-state index is 11.9. The van der Waals surface area contributed by atoms with Crippen molar-refractivity contribution >= 4 is 23.8 Å². The topological polar surface area (TPSA) is 122 Å². The molecule has 9 heteroatoms. The Morgan fingerprint density at radius 2 is 2.11 bits per heavy atom. The zero-order valence-corrected chi connectivity index (χ0v) is 9.99. The van der Waals surface area contributed by atoms with Gasteiger partial charge in [0.05, 0.1) is 6.42 Å². The highest BCUT2D eigenvalue weighted by atomic mass is 16.7. The lowest BCUT2D eigenvalue weighted by Gasteiger charge is -2.23. The number of nitrogens with zero attached hydrogens (tertiary/aromatic N) is 1. The monoisotopic (exact) mass is 272 g/mol. The van der Waals surface area contributed by atoms with Gasteiger partial charge in [0.1, 0.15) is 18.7 Å². The van der Waals surface area contributed by atoms with Gasteiger partial charge in [0.15, 0.2) is 0 Å². The van der Waals surface area contributed by atoms with Crippen LogP contribution in [0.3, 0.4) is 0 Å². The summed E-state index contributed by atoms with van der Waals surface area (Å²) in [6.45, 7) is 1.15. The number of carboxylic acids is 1. The Labute approximate surface area is 107 Å². The first kappa shape index (κ1) is 13.3. The molecule has 2 heterocycles. The van der Waals surface area contributed by atoms with E-state index in [-0.39, 0.29) is 13.0 Å². The number of nitrogens with one attached hydrogen (secondary N) is 1. The minimum absolute atomic E-state index is 0.102. The number of carbonyl (C=O) groups is 4. The Morgan fingerprint density at radius 3 is 2.68 bits per heavy atom. The lowest BCUT2D eigenvalue weighted by atomic mass is 10.1. The molecule has 0 aromatic heterocycles. The molecule has 0 unspecified atom stereocenters. The summed E-state index contributed by atoms with van der Waals surface area (Å²) >= 11 is 0. The molecule has 2 amide bonds. The van der Waals surface area contributed by atoms with E-state index in [4.69, 9.17) is 9.94 Å². The van der Waals surface area contributed by atoms with Crippen molar-refractivity contribution in [2.75, 3.05) is 6.61 Å². The molecule has 2 fully saturated rings. The van der Waals surface area contributed by atoms with Gasteiger partial charge in [-0.1, -0.05) is 0 Å². The van der Waals surface area contributed by atoms with E-state index in [0.29, 0.717) is 0 Å². The fourth-order valence-electron chi connectivity index (χ4n) is 2.02. The second-order valence-corrected chi connectivity index (χ2v) is 4.23. The van der Waals surface area contributed by atoms with Gasteiger partial charge in [-0.2, -0.15) is 0 Å². The second kappa shape index (κ2) is 4.84. The molecule has 2 aliphatic heterocycles. The predicted molar refractivity (Wildman–Crippen MR) is 56.3 cm³/mol. The Bertz CT molecular complexity index is 449. The number of carboxylic acid groups (broad SMARTS) is 1. The van der Waals surface area contributed by atoms with Crippen molar-refractivity contribution in [3.05, 3.63) is 0 Å². The van der Waals surface area contributed by atoms with Crippen molar-refractivity contribution in [3.63, 3.8) is 0 Å². The molecular weight excluding hydrogens is 260 g/mol. The molecule has 2 saturated heterocycles. The van der Waals surface area contributed by atoms with Crippen LogP contribution in [-0.4, -0.2) is 58.7 Å². The van der Waals surface area contributed by atoms with Gasteiger partial charge in [-0.15, -0.1) is 0 Å². The molecule has 0 aliphatic carbocycles. The third-order valence-corrected chi connectivity index (χ3v) is 2.80. The lowest BCUT2D eigenvalue weighted by molar-refractivity contribution is -0.185. The van der Waals surface area contributed by atoms with Gasteiger partial charge >= 0.3 is 11.9 Å². The molecule has 0 saturated carbocycles. The summed E-state index contributed by atoms with van der Waals surface area (Å²) in [6.07, 6.45) is -1.71. The van der Waals surface area contributed by atoms with E-state index < -0.39 is 41.9 Å². The molecule has 9 nitrogen and oxygen atoms in total. The van der Waals surface area contributed by atoms with Crippen molar-refractivity contribution < 1.29 is 33.9 Å². The molecule has 0 aromatic rings. The first-order chi connectivity index (χ1) is 8.90. The normalized spacial score (nSPS) is 30.4. The quantitative estimate of drug-likeness (QED) is 0.571. The summed E-state index contributed by atoms with van der Waals surface area (Å²) < 4.78 is 4.61. The summed E-state index contributed by atoms with van der Waals surface area (Å²) in [5.74, 6) is -3.06. The number of hydrogen-bond acceptors (Lipinski definition) is 6. The Kier molecular flexibility index (Phi) is 3.38. The van der Waals surface area contributed by atoms with Crippen molar-refractivity contribution in [2.24, 2.45) is 0 Å². The van der Waals surface area contributed by atoms with E-state index in [1.807, 2.05) is 0 Å². The molecule has 2 rings (SSSR count). The number of aliphatic carboxylic acids is 1. The van der Waals surface area contributed by atoms with Crippen LogP contribution in [0.5, 0.6) is 0 Å². The van der Waals surface area contributed by atoms with Crippen LogP contribution in [0.15, 0.2) is 0 Å². The summed E-state index contributed by atoms with van der Waals surface area (Å²) in [5.41, 5.74) is 0. The molecular formula is C10H12N2O7. The minimum atomic E-state index is -1.45. The van der Waals surface area contributed by atoms with Crippen LogP contribution in [0.25, 0.3) is 0 Å². The molecule has 2 N–H and O–H groups in total. The Hall–Kier alpha value is -2.16. The summed E-state index contributed by atoms with van der Waals surface area (Å²) in [7, 11) is 0. The number of carbonyl (C=O) groups excluding carboxylic acids is 3. The van der Waals surface area contributed by atoms with E-state index in [2.05, 4.69) is 10.1 Å². The lowest BCUT2D eigenvalue weighted by Crippen LogP contribution is -2.48. The maximum absolute atomic E-state index is 11.9. The number of esters is 1. The van der Waals surface area contributed by atoms with Gasteiger partial charge in [-0.25, -0.2) is 9.86 Å². The predicted octanol–water partition coefficient (Wildman–Crippen LogP) is -1.97. The van der Waals surface area contributed by atoms with Crippen LogP contribution >= 0.6 is 0 Å². The maximum Gasteiger partial charge on any atom is 0.347 e. The van der Waals surface area contributed by atoms with Gasteiger partial charge in [-0.3, -0.25) is 19.2 Å². The fourth-order valence-corrected chi connectivity index (χ4v) is 2.02. The number of cyclic esters (lactones) is 1.